The van der Waals surface area contributed by atoms with Crippen molar-refractivity contribution in [3.8, 4) is 0 Å². The van der Waals surface area contributed by atoms with E-state index in [2.05, 4.69) is 5.32 Å². The molecule has 112 valence electrons. The fourth-order valence-corrected chi connectivity index (χ4v) is 2.17. The SMILES string of the molecule is CN(C)C(=O)CCCNc1ccc2c(c1)C(=O)N(C)C2=O. The molecule has 0 aromatic heterocycles. The molecule has 1 aromatic rings. The fourth-order valence-electron chi connectivity index (χ4n) is 2.17. The van der Waals surface area contributed by atoms with Gasteiger partial charge in [0.1, 0.15) is 0 Å². The molecule has 1 aromatic carbocycles. The van der Waals surface area contributed by atoms with Gasteiger partial charge in [0.15, 0.2) is 0 Å². The van der Waals surface area contributed by atoms with Gasteiger partial charge in [-0.05, 0) is 24.6 Å². The Kier molecular flexibility index (Phi) is 4.26. The molecule has 6 heteroatoms. The molecule has 0 fully saturated rings. The summed E-state index contributed by atoms with van der Waals surface area (Å²) in [5.74, 6) is -0.451. The number of benzene rings is 1. The van der Waals surface area contributed by atoms with E-state index in [0.29, 0.717) is 30.5 Å². The maximum Gasteiger partial charge on any atom is 0.261 e. The number of nitrogens with one attached hydrogen (secondary N) is 1. The minimum absolute atomic E-state index is 0.0909. The molecule has 0 atom stereocenters. The average Bonchev–Trinajstić information content (AvgIpc) is 2.68. The highest BCUT2D eigenvalue weighted by Gasteiger charge is 2.32. The van der Waals surface area contributed by atoms with Gasteiger partial charge in [-0.15, -0.1) is 0 Å². The zero-order valence-electron chi connectivity index (χ0n) is 12.5. The minimum Gasteiger partial charge on any atom is -0.385 e. The third kappa shape index (κ3) is 3.04. The molecule has 1 heterocycles. The van der Waals surface area contributed by atoms with Crippen molar-refractivity contribution in [3.63, 3.8) is 0 Å². The first kappa shape index (κ1) is 15.0. The van der Waals surface area contributed by atoms with Crippen LogP contribution in [0.4, 0.5) is 5.69 Å². The van der Waals surface area contributed by atoms with Crippen LogP contribution in [0.5, 0.6) is 0 Å². The van der Waals surface area contributed by atoms with E-state index in [9.17, 15) is 14.4 Å². The molecule has 1 aliphatic heterocycles. The second kappa shape index (κ2) is 5.95. The van der Waals surface area contributed by atoms with E-state index >= 15 is 0 Å². The van der Waals surface area contributed by atoms with E-state index in [4.69, 9.17) is 0 Å². The quantitative estimate of drug-likeness (QED) is 0.653. The Labute approximate surface area is 123 Å². The molecular formula is C15H19N3O3. The molecule has 0 unspecified atom stereocenters. The third-order valence-corrected chi connectivity index (χ3v) is 3.49. The number of carbonyl (C=O) groups excluding carboxylic acids is 3. The van der Waals surface area contributed by atoms with Gasteiger partial charge >= 0.3 is 0 Å². The molecule has 0 spiro atoms. The predicted octanol–water partition coefficient (Wildman–Crippen LogP) is 1.19. The zero-order chi connectivity index (χ0) is 15.6. The van der Waals surface area contributed by atoms with Gasteiger partial charge in [0.25, 0.3) is 11.8 Å². The second-order valence-corrected chi connectivity index (χ2v) is 5.25. The lowest BCUT2D eigenvalue weighted by Crippen LogP contribution is -2.24. The first-order valence-electron chi connectivity index (χ1n) is 6.82. The Morgan fingerprint density at radius 2 is 1.86 bits per heavy atom. The highest BCUT2D eigenvalue weighted by atomic mass is 16.2. The Morgan fingerprint density at radius 3 is 2.52 bits per heavy atom. The van der Waals surface area contributed by atoms with Crippen molar-refractivity contribution < 1.29 is 14.4 Å². The van der Waals surface area contributed by atoms with Crippen LogP contribution in [0.15, 0.2) is 18.2 Å². The number of anilines is 1. The zero-order valence-corrected chi connectivity index (χ0v) is 12.5. The molecule has 0 radical (unpaired) electrons. The first-order chi connectivity index (χ1) is 9.91. The van der Waals surface area contributed by atoms with E-state index in [1.165, 1.54) is 7.05 Å². The maximum atomic E-state index is 11.9. The summed E-state index contributed by atoms with van der Waals surface area (Å²) in [5.41, 5.74) is 1.65. The van der Waals surface area contributed by atoms with Crippen LogP contribution in [0, 0.1) is 0 Å². The van der Waals surface area contributed by atoms with Crippen LogP contribution in [-0.4, -0.2) is 55.2 Å². The van der Waals surface area contributed by atoms with Crippen molar-refractivity contribution in [1.29, 1.82) is 0 Å². The molecule has 0 saturated heterocycles. The Hall–Kier alpha value is -2.37. The summed E-state index contributed by atoms with van der Waals surface area (Å²) < 4.78 is 0. The molecule has 2 rings (SSSR count). The van der Waals surface area contributed by atoms with Crippen LogP contribution >= 0.6 is 0 Å². The molecule has 6 nitrogen and oxygen atoms in total. The predicted molar refractivity (Wildman–Crippen MR) is 79.3 cm³/mol. The molecular weight excluding hydrogens is 270 g/mol. The number of hydrogen-bond acceptors (Lipinski definition) is 4. The highest BCUT2D eigenvalue weighted by Crippen LogP contribution is 2.24. The van der Waals surface area contributed by atoms with Gasteiger partial charge in [0.05, 0.1) is 11.1 Å². The summed E-state index contributed by atoms with van der Waals surface area (Å²) in [6.07, 6.45) is 1.19. The Morgan fingerprint density at radius 1 is 1.19 bits per heavy atom. The van der Waals surface area contributed by atoms with E-state index in [-0.39, 0.29) is 17.7 Å². The van der Waals surface area contributed by atoms with Gasteiger partial charge in [-0.25, -0.2) is 0 Å². The van der Waals surface area contributed by atoms with Crippen LogP contribution in [0.3, 0.4) is 0 Å². The number of imide groups is 1. The van der Waals surface area contributed by atoms with E-state index in [1.807, 2.05) is 0 Å². The topological polar surface area (TPSA) is 69.7 Å². The van der Waals surface area contributed by atoms with E-state index < -0.39 is 0 Å². The molecule has 0 bridgehead atoms. The van der Waals surface area contributed by atoms with E-state index in [1.54, 1.807) is 37.2 Å². The largest absolute Gasteiger partial charge is 0.385 e. The normalized spacial score (nSPS) is 13.4. The number of rotatable bonds is 5. The lowest BCUT2D eigenvalue weighted by atomic mass is 10.1. The van der Waals surface area contributed by atoms with Gasteiger partial charge in [-0.2, -0.15) is 0 Å². The third-order valence-electron chi connectivity index (χ3n) is 3.49. The average molecular weight is 289 g/mol. The molecule has 3 amide bonds. The molecule has 0 aliphatic carbocycles. The Balaban J connectivity index is 1.94. The smallest absolute Gasteiger partial charge is 0.261 e. The van der Waals surface area contributed by atoms with Crippen molar-refractivity contribution in [1.82, 2.24) is 9.80 Å². The molecule has 0 saturated carbocycles. The van der Waals surface area contributed by atoms with Crippen molar-refractivity contribution in [2.24, 2.45) is 0 Å². The van der Waals surface area contributed by atoms with Crippen LogP contribution in [0.25, 0.3) is 0 Å². The maximum absolute atomic E-state index is 11.9. The van der Waals surface area contributed by atoms with Crippen LogP contribution < -0.4 is 5.32 Å². The van der Waals surface area contributed by atoms with E-state index in [0.717, 1.165) is 10.6 Å². The summed E-state index contributed by atoms with van der Waals surface area (Å²) in [6.45, 7) is 0.635. The van der Waals surface area contributed by atoms with Gasteiger partial charge in [-0.3, -0.25) is 19.3 Å². The summed E-state index contributed by atoms with van der Waals surface area (Å²) >= 11 is 0. The monoisotopic (exact) mass is 289 g/mol. The lowest BCUT2D eigenvalue weighted by Gasteiger charge is -2.11. The summed E-state index contributed by atoms with van der Waals surface area (Å²) in [5, 5.41) is 3.17. The summed E-state index contributed by atoms with van der Waals surface area (Å²) in [6, 6.07) is 5.12. The molecule has 21 heavy (non-hydrogen) atoms. The lowest BCUT2D eigenvalue weighted by molar-refractivity contribution is -0.128. The second-order valence-electron chi connectivity index (χ2n) is 5.25. The van der Waals surface area contributed by atoms with Gasteiger partial charge in [0, 0.05) is 39.8 Å². The highest BCUT2D eigenvalue weighted by molar-refractivity contribution is 6.21. The van der Waals surface area contributed by atoms with Gasteiger partial charge in [0.2, 0.25) is 5.91 Å². The molecule has 1 aliphatic rings. The number of amides is 3. The molecule has 1 N–H and O–H groups in total. The van der Waals surface area contributed by atoms with Crippen molar-refractivity contribution in [3.05, 3.63) is 29.3 Å². The van der Waals surface area contributed by atoms with Crippen LogP contribution in [-0.2, 0) is 4.79 Å². The number of hydrogen-bond donors (Lipinski definition) is 1. The van der Waals surface area contributed by atoms with Gasteiger partial charge in [-0.1, -0.05) is 0 Å². The number of nitrogens with zero attached hydrogens (tertiary/aromatic N) is 2. The number of fused-ring (bicyclic) bond motifs is 1. The van der Waals surface area contributed by atoms with Crippen LogP contribution in [0.2, 0.25) is 0 Å². The van der Waals surface area contributed by atoms with Crippen molar-refractivity contribution in [2.45, 2.75) is 12.8 Å². The summed E-state index contributed by atoms with van der Waals surface area (Å²) in [7, 11) is 4.94. The minimum atomic E-state index is -0.276. The van der Waals surface area contributed by atoms with Crippen molar-refractivity contribution >= 4 is 23.4 Å². The Bertz CT molecular complexity index is 596. The summed E-state index contributed by atoms with van der Waals surface area (Å²) in [4.78, 5) is 37.8. The fraction of sp³-hybridized carbons (Fsp3) is 0.400. The number of carbonyl (C=O) groups is 3. The van der Waals surface area contributed by atoms with Gasteiger partial charge < -0.3 is 10.2 Å². The van der Waals surface area contributed by atoms with Crippen LogP contribution in [0.1, 0.15) is 33.6 Å². The van der Waals surface area contributed by atoms with Crippen molar-refractivity contribution in [2.75, 3.05) is 33.0 Å². The first-order valence-corrected chi connectivity index (χ1v) is 6.82. The standard InChI is InChI=1S/C15H19N3O3/c1-17(2)13(19)5-4-8-16-10-6-7-11-12(9-10)15(21)18(3)14(11)20/h6-7,9,16H,4-5,8H2,1-3H3.